The molecule has 1 aliphatic heterocycles. The molecule has 1 fully saturated rings. The third-order valence-corrected chi connectivity index (χ3v) is 7.15. The highest BCUT2D eigenvalue weighted by atomic mass is 19.1. The highest BCUT2D eigenvalue weighted by Gasteiger charge is 2.17. The SMILES string of the molecule is Fc1cc(OCCN2CCCC2)cc(-c2ccnc3[nH]c(-c4n[nH]c5cnc(-c6cncnc6)cc45)cc23)c1. The Morgan fingerprint density at radius 1 is 0.923 bits per heavy atom. The molecule has 1 saturated heterocycles. The van der Waals surface area contributed by atoms with Crippen molar-refractivity contribution in [3.05, 3.63) is 73.3 Å². The van der Waals surface area contributed by atoms with Gasteiger partial charge in [0, 0.05) is 47.5 Å². The van der Waals surface area contributed by atoms with Gasteiger partial charge in [0.25, 0.3) is 0 Å². The van der Waals surface area contributed by atoms with E-state index >= 15 is 0 Å². The fraction of sp³-hybridized carbons (Fsp3) is 0.207. The van der Waals surface area contributed by atoms with Crippen molar-refractivity contribution < 1.29 is 9.13 Å². The molecule has 9 nitrogen and oxygen atoms in total. The van der Waals surface area contributed by atoms with E-state index in [1.807, 2.05) is 24.3 Å². The first-order valence-electron chi connectivity index (χ1n) is 12.9. The van der Waals surface area contributed by atoms with E-state index < -0.39 is 0 Å². The Kier molecular flexibility index (Phi) is 5.93. The molecule has 0 unspecified atom stereocenters. The van der Waals surface area contributed by atoms with Crippen LogP contribution in [0.1, 0.15) is 12.8 Å². The highest BCUT2D eigenvalue weighted by Crippen LogP contribution is 2.35. The van der Waals surface area contributed by atoms with E-state index in [4.69, 9.17) is 4.74 Å². The summed E-state index contributed by atoms with van der Waals surface area (Å²) >= 11 is 0. The van der Waals surface area contributed by atoms with Crippen LogP contribution in [0.3, 0.4) is 0 Å². The van der Waals surface area contributed by atoms with Gasteiger partial charge in [-0.25, -0.2) is 19.3 Å². The van der Waals surface area contributed by atoms with Crippen molar-refractivity contribution in [3.8, 4) is 39.5 Å². The zero-order valence-corrected chi connectivity index (χ0v) is 21.1. The van der Waals surface area contributed by atoms with Gasteiger partial charge in [0.1, 0.15) is 35.8 Å². The Bertz CT molecular complexity index is 1780. The Hall–Kier alpha value is -4.70. The monoisotopic (exact) mass is 520 g/mol. The van der Waals surface area contributed by atoms with Gasteiger partial charge >= 0.3 is 0 Å². The molecule has 39 heavy (non-hydrogen) atoms. The number of benzene rings is 1. The van der Waals surface area contributed by atoms with Gasteiger partial charge in [-0.3, -0.25) is 15.0 Å². The third kappa shape index (κ3) is 4.59. The van der Waals surface area contributed by atoms with E-state index in [1.165, 1.54) is 31.3 Å². The molecule has 0 spiro atoms. The topological polar surface area (TPSA) is 108 Å². The number of pyridine rings is 2. The number of hydrogen-bond donors (Lipinski definition) is 2. The molecule has 0 amide bonds. The normalized spacial score (nSPS) is 14.0. The second kappa shape index (κ2) is 9.88. The number of fused-ring (bicyclic) bond motifs is 2. The lowest BCUT2D eigenvalue weighted by Gasteiger charge is -2.15. The summed E-state index contributed by atoms with van der Waals surface area (Å²) in [4.78, 5) is 23.0. The maximum absolute atomic E-state index is 14.7. The van der Waals surface area contributed by atoms with Crippen molar-refractivity contribution in [1.29, 1.82) is 0 Å². The molecule has 10 heteroatoms. The van der Waals surface area contributed by atoms with Crippen molar-refractivity contribution >= 4 is 21.9 Å². The summed E-state index contributed by atoms with van der Waals surface area (Å²) in [6.07, 6.45) is 10.9. The fourth-order valence-electron chi connectivity index (χ4n) is 5.22. The summed E-state index contributed by atoms with van der Waals surface area (Å²) in [6, 6.07) is 10.7. The second-order valence-corrected chi connectivity index (χ2v) is 9.69. The van der Waals surface area contributed by atoms with Gasteiger partial charge in [-0.15, -0.1) is 0 Å². The van der Waals surface area contributed by atoms with Crippen LogP contribution in [0.2, 0.25) is 0 Å². The third-order valence-electron chi connectivity index (χ3n) is 7.15. The minimum atomic E-state index is -0.340. The van der Waals surface area contributed by atoms with E-state index in [0.29, 0.717) is 18.0 Å². The summed E-state index contributed by atoms with van der Waals surface area (Å²) in [5.74, 6) is 0.181. The average molecular weight is 521 g/mol. The maximum Gasteiger partial charge on any atom is 0.138 e. The van der Waals surface area contributed by atoms with Crippen LogP contribution >= 0.6 is 0 Å². The molecule has 6 aromatic rings. The molecule has 5 aromatic heterocycles. The van der Waals surface area contributed by atoms with E-state index in [1.54, 1.807) is 24.8 Å². The number of aromatic amines is 2. The first-order valence-corrected chi connectivity index (χ1v) is 12.9. The maximum atomic E-state index is 14.7. The van der Waals surface area contributed by atoms with Crippen LogP contribution in [0.4, 0.5) is 4.39 Å². The number of nitrogens with one attached hydrogen (secondary N) is 2. The minimum absolute atomic E-state index is 0.340. The highest BCUT2D eigenvalue weighted by molar-refractivity contribution is 6.00. The Morgan fingerprint density at radius 3 is 2.67 bits per heavy atom. The van der Waals surface area contributed by atoms with Crippen molar-refractivity contribution in [3.63, 3.8) is 0 Å². The molecule has 0 aliphatic carbocycles. The lowest BCUT2D eigenvalue weighted by molar-refractivity contribution is 0.237. The predicted octanol–water partition coefficient (Wildman–Crippen LogP) is 5.24. The summed E-state index contributed by atoms with van der Waals surface area (Å²) in [7, 11) is 0. The van der Waals surface area contributed by atoms with Crippen molar-refractivity contribution in [2.45, 2.75) is 12.8 Å². The molecule has 0 saturated carbocycles. The quantitative estimate of drug-likeness (QED) is 0.296. The summed E-state index contributed by atoms with van der Waals surface area (Å²) < 4.78 is 20.6. The Morgan fingerprint density at radius 2 is 1.79 bits per heavy atom. The fourth-order valence-corrected chi connectivity index (χ4v) is 5.22. The Balaban J connectivity index is 1.23. The van der Waals surface area contributed by atoms with Gasteiger partial charge < -0.3 is 9.72 Å². The van der Waals surface area contributed by atoms with Crippen molar-refractivity contribution in [2.24, 2.45) is 0 Å². The number of nitrogens with zero attached hydrogens (tertiary/aromatic N) is 6. The number of rotatable bonds is 7. The van der Waals surface area contributed by atoms with Crippen LogP contribution in [-0.4, -0.2) is 66.3 Å². The van der Waals surface area contributed by atoms with Crippen LogP contribution in [0, 0.1) is 5.82 Å². The summed E-state index contributed by atoms with van der Waals surface area (Å²) in [5, 5.41) is 9.37. The Labute approximate surface area is 223 Å². The van der Waals surface area contributed by atoms with E-state index in [-0.39, 0.29) is 5.82 Å². The number of aromatic nitrogens is 7. The molecular formula is C29H25FN8O. The van der Waals surface area contributed by atoms with Gasteiger partial charge in [-0.05, 0) is 67.4 Å². The molecule has 2 N–H and O–H groups in total. The number of H-pyrrole nitrogens is 2. The summed E-state index contributed by atoms with van der Waals surface area (Å²) in [6.45, 7) is 3.58. The standard InChI is InChI=1S/C29H25FN8O/c30-20-9-18(10-21(11-20)39-8-7-38-5-1-2-6-38)22-3-4-33-29-23(22)12-26(35-29)28-24-13-25(19-14-31-17-32-15-19)34-16-27(24)36-37-28/h3-4,9-17H,1-2,5-8H2,(H,33,35)(H,36,37). The van der Waals surface area contributed by atoms with Gasteiger partial charge in [0.15, 0.2) is 0 Å². The summed E-state index contributed by atoms with van der Waals surface area (Å²) in [5.41, 5.74) is 6.16. The van der Waals surface area contributed by atoms with E-state index in [2.05, 4.69) is 40.0 Å². The first kappa shape index (κ1) is 23.4. The van der Waals surface area contributed by atoms with Crippen LogP contribution in [0.15, 0.2) is 67.5 Å². The minimum Gasteiger partial charge on any atom is -0.492 e. The lowest BCUT2D eigenvalue weighted by atomic mass is 10.0. The zero-order chi connectivity index (χ0) is 26.2. The van der Waals surface area contributed by atoms with E-state index in [0.717, 1.165) is 69.7 Å². The molecule has 6 heterocycles. The lowest BCUT2D eigenvalue weighted by Crippen LogP contribution is -2.25. The first-order chi connectivity index (χ1) is 19.2. The van der Waals surface area contributed by atoms with Crippen molar-refractivity contribution in [1.82, 2.24) is 40.0 Å². The largest absolute Gasteiger partial charge is 0.492 e. The number of ether oxygens (including phenoxy) is 1. The van der Waals surface area contributed by atoms with E-state index in [9.17, 15) is 4.39 Å². The number of hydrogen-bond acceptors (Lipinski definition) is 7. The molecule has 0 atom stereocenters. The van der Waals surface area contributed by atoms with Crippen LogP contribution in [0.5, 0.6) is 5.75 Å². The molecule has 194 valence electrons. The van der Waals surface area contributed by atoms with Gasteiger partial charge in [0.2, 0.25) is 0 Å². The van der Waals surface area contributed by atoms with Crippen LogP contribution < -0.4 is 4.74 Å². The molecule has 7 rings (SSSR count). The van der Waals surface area contributed by atoms with Crippen molar-refractivity contribution in [2.75, 3.05) is 26.2 Å². The molecular weight excluding hydrogens is 495 g/mol. The van der Waals surface area contributed by atoms with Gasteiger partial charge in [-0.1, -0.05) is 0 Å². The molecule has 0 radical (unpaired) electrons. The second-order valence-electron chi connectivity index (χ2n) is 9.69. The van der Waals surface area contributed by atoms with Crippen LogP contribution in [0.25, 0.3) is 55.7 Å². The number of likely N-dealkylation sites (tertiary alicyclic amines) is 1. The smallest absolute Gasteiger partial charge is 0.138 e. The molecule has 1 aliphatic rings. The average Bonchev–Trinajstić information content (AvgIpc) is 3.72. The predicted molar refractivity (Wildman–Crippen MR) is 147 cm³/mol. The number of halogens is 1. The van der Waals surface area contributed by atoms with Gasteiger partial charge in [-0.2, -0.15) is 5.10 Å². The zero-order valence-electron chi connectivity index (χ0n) is 21.1. The van der Waals surface area contributed by atoms with Crippen LogP contribution in [-0.2, 0) is 0 Å². The molecule has 0 bridgehead atoms. The van der Waals surface area contributed by atoms with Gasteiger partial charge in [0.05, 0.1) is 23.1 Å². The molecule has 1 aromatic carbocycles.